The van der Waals surface area contributed by atoms with E-state index in [0.717, 1.165) is 5.69 Å². The van der Waals surface area contributed by atoms with Crippen LogP contribution in [0.3, 0.4) is 0 Å². The van der Waals surface area contributed by atoms with E-state index in [2.05, 4.69) is 22.1 Å². The van der Waals surface area contributed by atoms with Gasteiger partial charge in [-0.15, -0.1) is 0 Å². The third kappa shape index (κ3) is 4.10. The van der Waals surface area contributed by atoms with Crippen molar-refractivity contribution in [2.75, 3.05) is 18.9 Å². The summed E-state index contributed by atoms with van der Waals surface area (Å²) in [4.78, 5) is 8.59. The fourth-order valence-corrected chi connectivity index (χ4v) is 4.09. The van der Waals surface area contributed by atoms with Crippen molar-refractivity contribution in [3.05, 3.63) is 59.4 Å². The molecule has 2 aromatic heterocycles. The van der Waals surface area contributed by atoms with Crippen LogP contribution in [0.4, 0.5) is 5.82 Å². The van der Waals surface area contributed by atoms with E-state index in [0.29, 0.717) is 33.4 Å². The number of aliphatic hydroxyl groups excluding tert-OH is 1. The maximum Gasteiger partial charge on any atom is 0.162 e. The zero-order chi connectivity index (χ0) is 21.8. The second-order valence-corrected chi connectivity index (χ2v) is 7.62. The van der Waals surface area contributed by atoms with Crippen molar-refractivity contribution in [3.8, 4) is 34.8 Å². The first-order valence-corrected chi connectivity index (χ1v) is 10.3. The molecule has 1 aliphatic heterocycles. The number of rotatable bonds is 5. The maximum absolute atomic E-state index is 9.92. The number of anilines is 1. The standard InChI is InChI=1S/C22H17N5O3S/c23-8-16-20(13-4-5-18-19(7-13)29-11-15(10-28)30-18)17(9-24)22(27-21(16)25)31-12-14-3-1-2-6-26-14/h1-7,15,28H,10-12H2,(H2,25,27). The van der Waals surface area contributed by atoms with Gasteiger partial charge in [-0.05, 0) is 29.8 Å². The van der Waals surface area contributed by atoms with E-state index >= 15 is 0 Å². The highest BCUT2D eigenvalue weighted by Gasteiger charge is 2.24. The molecule has 8 nitrogen and oxygen atoms in total. The topological polar surface area (TPSA) is 138 Å². The highest BCUT2D eigenvalue weighted by atomic mass is 32.2. The van der Waals surface area contributed by atoms with Gasteiger partial charge in [-0.2, -0.15) is 10.5 Å². The van der Waals surface area contributed by atoms with E-state index in [1.807, 2.05) is 18.2 Å². The molecule has 1 aliphatic rings. The second kappa shape index (κ2) is 8.92. The fraction of sp³-hybridized carbons (Fsp3) is 0.182. The molecule has 4 rings (SSSR count). The van der Waals surface area contributed by atoms with Crippen molar-refractivity contribution < 1.29 is 14.6 Å². The van der Waals surface area contributed by atoms with Crippen LogP contribution in [-0.2, 0) is 5.75 Å². The van der Waals surface area contributed by atoms with Crippen molar-refractivity contribution in [1.82, 2.24) is 9.97 Å². The SMILES string of the molecule is N#Cc1c(N)nc(SCc2ccccn2)c(C#N)c1-c1ccc2c(c1)OCC(CO)O2. The molecule has 154 valence electrons. The third-order valence-electron chi connectivity index (χ3n) is 4.65. The number of aromatic nitrogens is 2. The number of nitrogens with two attached hydrogens (primary N) is 1. The van der Waals surface area contributed by atoms with Crippen molar-refractivity contribution in [3.63, 3.8) is 0 Å². The number of aliphatic hydroxyl groups is 1. The van der Waals surface area contributed by atoms with E-state index in [1.54, 1.807) is 24.4 Å². The molecule has 0 aliphatic carbocycles. The van der Waals surface area contributed by atoms with Gasteiger partial charge in [-0.25, -0.2) is 4.98 Å². The molecule has 9 heteroatoms. The molecule has 3 N–H and O–H groups in total. The lowest BCUT2D eigenvalue weighted by atomic mass is 9.96. The van der Waals surface area contributed by atoms with Gasteiger partial charge in [-0.3, -0.25) is 4.98 Å². The number of pyridine rings is 2. The van der Waals surface area contributed by atoms with Crippen molar-refractivity contribution in [1.29, 1.82) is 10.5 Å². The van der Waals surface area contributed by atoms with Gasteiger partial charge in [0.05, 0.1) is 17.9 Å². The van der Waals surface area contributed by atoms with E-state index in [9.17, 15) is 15.6 Å². The Bertz CT molecular complexity index is 1200. The Kier molecular flexibility index (Phi) is 5.89. The number of nitrogens with zero attached hydrogens (tertiary/aromatic N) is 4. The van der Waals surface area contributed by atoms with Crippen LogP contribution in [0.1, 0.15) is 16.8 Å². The Balaban J connectivity index is 1.77. The average molecular weight is 431 g/mol. The summed E-state index contributed by atoms with van der Waals surface area (Å²) in [5, 5.41) is 29.3. The highest BCUT2D eigenvalue weighted by molar-refractivity contribution is 7.98. The first-order chi connectivity index (χ1) is 15.1. The van der Waals surface area contributed by atoms with Gasteiger partial charge in [-0.1, -0.05) is 23.9 Å². The van der Waals surface area contributed by atoms with Crippen LogP contribution in [0.15, 0.2) is 47.6 Å². The molecule has 0 saturated heterocycles. The minimum absolute atomic E-state index is 0.0512. The van der Waals surface area contributed by atoms with Crippen LogP contribution in [0.2, 0.25) is 0 Å². The largest absolute Gasteiger partial charge is 0.486 e. The maximum atomic E-state index is 9.92. The van der Waals surface area contributed by atoms with Crippen molar-refractivity contribution >= 4 is 17.6 Å². The quantitative estimate of drug-likeness (QED) is 0.584. The molecule has 0 spiro atoms. The Morgan fingerprint density at radius 2 is 2.00 bits per heavy atom. The van der Waals surface area contributed by atoms with E-state index in [-0.39, 0.29) is 30.2 Å². The summed E-state index contributed by atoms with van der Waals surface area (Å²) in [6.45, 7) is 0.0446. The van der Waals surface area contributed by atoms with Crippen molar-refractivity contribution in [2.45, 2.75) is 16.9 Å². The van der Waals surface area contributed by atoms with Crippen LogP contribution in [0.25, 0.3) is 11.1 Å². The summed E-state index contributed by atoms with van der Waals surface area (Å²) >= 11 is 1.33. The average Bonchev–Trinajstić information content (AvgIpc) is 2.82. The smallest absolute Gasteiger partial charge is 0.162 e. The van der Waals surface area contributed by atoms with E-state index in [4.69, 9.17) is 15.2 Å². The highest BCUT2D eigenvalue weighted by Crippen LogP contribution is 2.41. The Labute approximate surface area is 182 Å². The number of fused-ring (bicyclic) bond motifs is 1. The summed E-state index contributed by atoms with van der Waals surface area (Å²) in [7, 11) is 0. The molecule has 0 saturated carbocycles. The number of ether oxygens (including phenoxy) is 2. The lowest BCUT2D eigenvalue weighted by Gasteiger charge is -2.25. The van der Waals surface area contributed by atoms with Crippen LogP contribution in [0, 0.1) is 22.7 Å². The third-order valence-corrected chi connectivity index (χ3v) is 5.66. The van der Waals surface area contributed by atoms with Crippen molar-refractivity contribution in [2.24, 2.45) is 0 Å². The molecule has 1 atom stereocenters. The molecule has 3 aromatic rings. The monoisotopic (exact) mass is 431 g/mol. The Morgan fingerprint density at radius 1 is 1.16 bits per heavy atom. The first-order valence-electron chi connectivity index (χ1n) is 9.35. The predicted octanol–water partition coefficient (Wildman–Crippen LogP) is 2.89. The molecule has 0 bridgehead atoms. The molecule has 0 radical (unpaired) electrons. The molecule has 0 amide bonds. The summed E-state index contributed by atoms with van der Waals surface area (Å²) in [6, 6.07) is 15.0. The minimum Gasteiger partial charge on any atom is -0.486 e. The zero-order valence-electron chi connectivity index (χ0n) is 16.3. The summed E-state index contributed by atoms with van der Waals surface area (Å²) in [5.41, 5.74) is 8.29. The number of benzene rings is 1. The molecular formula is C22H17N5O3S. The normalized spacial score (nSPS) is 14.5. The lowest BCUT2D eigenvalue weighted by molar-refractivity contribution is 0.0457. The lowest BCUT2D eigenvalue weighted by Crippen LogP contribution is -2.32. The van der Waals surface area contributed by atoms with Gasteiger partial charge in [0.1, 0.15) is 35.2 Å². The zero-order valence-corrected chi connectivity index (χ0v) is 17.1. The summed E-state index contributed by atoms with van der Waals surface area (Å²) in [6.07, 6.45) is 1.26. The molecule has 1 unspecified atom stereocenters. The van der Waals surface area contributed by atoms with Gasteiger partial charge in [0, 0.05) is 17.5 Å². The molecule has 1 aromatic carbocycles. The van der Waals surface area contributed by atoms with Crippen LogP contribution >= 0.6 is 11.8 Å². The molecular weight excluding hydrogens is 414 g/mol. The Morgan fingerprint density at radius 3 is 2.71 bits per heavy atom. The number of hydrogen-bond donors (Lipinski definition) is 2. The van der Waals surface area contributed by atoms with Gasteiger partial charge >= 0.3 is 0 Å². The van der Waals surface area contributed by atoms with Gasteiger partial charge < -0.3 is 20.3 Å². The number of nitriles is 2. The molecule has 31 heavy (non-hydrogen) atoms. The fourth-order valence-electron chi connectivity index (χ4n) is 3.18. The minimum atomic E-state index is -0.436. The molecule has 3 heterocycles. The van der Waals surface area contributed by atoms with Gasteiger partial charge in [0.25, 0.3) is 0 Å². The second-order valence-electron chi connectivity index (χ2n) is 6.66. The number of nitrogen functional groups attached to an aromatic ring is 1. The van der Waals surface area contributed by atoms with Gasteiger partial charge in [0.15, 0.2) is 17.6 Å². The number of thioether (sulfide) groups is 1. The van der Waals surface area contributed by atoms with E-state index < -0.39 is 6.10 Å². The predicted molar refractivity (Wildman–Crippen MR) is 114 cm³/mol. The van der Waals surface area contributed by atoms with E-state index in [1.165, 1.54) is 11.8 Å². The van der Waals surface area contributed by atoms with Crippen LogP contribution in [0.5, 0.6) is 11.5 Å². The van der Waals surface area contributed by atoms with Gasteiger partial charge in [0.2, 0.25) is 0 Å². The molecule has 0 fully saturated rings. The summed E-state index contributed by atoms with van der Waals surface area (Å²) in [5.74, 6) is 1.50. The van der Waals surface area contributed by atoms with Crippen LogP contribution in [-0.4, -0.2) is 34.4 Å². The number of hydrogen-bond acceptors (Lipinski definition) is 9. The summed E-state index contributed by atoms with van der Waals surface area (Å²) < 4.78 is 11.4. The Hall–Kier alpha value is -3.79. The first kappa shape index (κ1) is 20.5. The van der Waals surface area contributed by atoms with Crippen LogP contribution < -0.4 is 15.2 Å².